The number of aryl methyl sites for hydroxylation is 2. The Morgan fingerprint density at radius 1 is 0.929 bits per heavy atom. The number of pyridine rings is 1. The van der Waals surface area contributed by atoms with Crippen LogP contribution in [0, 0.1) is 6.92 Å². The first-order valence-corrected chi connectivity index (χ1v) is 11.2. The molecule has 6 rings (SSSR count). The van der Waals surface area contributed by atoms with Gasteiger partial charge in [0.05, 0.1) is 10.9 Å². The van der Waals surface area contributed by atoms with Crippen molar-refractivity contribution in [3.63, 3.8) is 0 Å². The topological polar surface area (TPSA) is 3.88 Å². The number of rotatable bonds is 1. The maximum absolute atomic E-state index is 2.50. The van der Waals surface area contributed by atoms with Gasteiger partial charge in [0.15, 0.2) is 6.20 Å². The van der Waals surface area contributed by atoms with Gasteiger partial charge in [0.2, 0.25) is 5.69 Å². The quantitative estimate of drug-likeness (QED) is 0.285. The Hall–Kier alpha value is -2.32. The fourth-order valence-electron chi connectivity index (χ4n) is 5.35. The van der Waals surface area contributed by atoms with Crippen molar-refractivity contribution < 1.29 is 4.57 Å². The predicted molar refractivity (Wildman–Crippen MR) is 118 cm³/mol. The van der Waals surface area contributed by atoms with Crippen LogP contribution in [0.3, 0.4) is 0 Å². The summed E-state index contributed by atoms with van der Waals surface area (Å²) in [6.07, 6.45) is 7.71. The van der Waals surface area contributed by atoms with Crippen molar-refractivity contribution in [1.29, 1.82) is 0 Å². The van der Waals surface area contributed by atoms with Crippen LogP contribution in [0.25, 0.3) is 32.8 Å². The molecule has 1 aromatic heterocycles. The van der Waals surface area contributed by atoms with Crippen molar-refractivity contribution in [1.82, 2.24) is 0 Å². The van der Waals surface area contributed by atoms with Gasteiger partial charge in [0, 0.05) is 15.9 Å². The van der Waals surface area contributed by atoms with Gasteiger partial charge in [-0.2, -0.15) is 0 Å². The summed E-state index contributed by atoms with van der Waals surface area (Å²) in [5.41, 5.74) is 5.74. The van der Waals surface area contributed by atoms with E-state index < -0.39 is 0 Å². The molecule has 4 aromatic rings. The molecule has 2 aliphatic rings. The van der Waals surface area contributed by atoms with Crippen LogP contribution in [0.2, 0.25) is 0 Å². The molecule has 0 unspecified atom stereocenters. The minimum atomic E-state index is 0.749. The molecule has 0 amide bonds. The molecule has 138 valence electrons. The molecule has 3 aromatic carbocycles. The Balaban J connectivity index is 1.69. The molecular formula is C26H24NS+. The zero-order chi connectivity index (χ0) is 18.8. The van der Waals surface area contributed by atoms with Gasteiger partial charge in [-0.3, -0.25) is 0 Å². The van der Waals surface area contributed by atoms with E-state index in [0.717, 1.165) is 5.92 Å². The number of aromatic nitrogens is 1. The molecule has 0 saturated heterocycles. The zero-order valence-corrected chi connectivity index (χ0v) is 17.3. The van der Waals surface area contributed by atoms with Crippen LogP contribution < -0.4 is 4.57 Å². The van der Waals surface area contributed by atoms with Gasteiger partial charge < -0.3 is 0 Å². The predicted octanol–water partition coefficient (Wildman–Crippen LogP) is 6.92. The Morgan fingerprint density at radius 2 is 1.75 bits per heavy atom. The Labute approximate surface area is 170 Å². The second-order valence-electron chi connectivity index (χ2n) is 8.44. The summed E-state index contributed by atoms with van der Waals surface area (Å²) >= 11 is 1.97. The fraction of sp³-hybridized carbons (Fsp3) is 0.269. The van der Waals surface area contributed by atoms with E-state index >= 15 is 0 Å². The molecule has 1 aliphatic carbocycles. The van der Waals surface area contributed by atoms with E-state index in [1.54, 1.807) is 5.56 Å². The maximum atomic E-state index is 2.50. The van der Waals surface area contributed by atoms with Gasteiger partial charge in [-0.25, -0.2) is 4.57 Å². The van der Waals surface area contributed by atoms with E-state index in [-0.39, 0.29) is 0 Å². The van der Waals surface area contributed by atoms with E-state index in [0.29, 0.717) is 0 Å². The number of fused-ring (bicyclic) bond motifs is 3. The summed E-state index contributed by atoms with van der Waals surface area (Å²) in [6, 6.07) is 18.5. The molecule has 1 aliphatic heterocycles. The molecule has 0 bridgehead atoms. The van der Waals surface area contributed by atoms with Gasteiger partial charge in [-0.05, 0) is 65.1 Å². The van der Waals surface area contributed by atoms with E-state index in [1.165, 1.54) is 73.8 Å². The van der Waals surface area contributed by atoms with E-state index in [2.05, 4.69) is 73.3 Å². The van der Waals surface area contributed by atoms with Crippen LogP contribution in [0.4, 0.5) is 0 Å². The first-order valence-electron chi connectivity index (χ1n) is 10.4. The summed E-state index contributed by atoms with van der Waals surface area (Å²) in [5, 5.41) is 5.54. The zero-order valence-electron chi connectivity index (χ0n) is 16.5. The molecule has 1 saturated carbocycles. The monoisotopic (exact) mass is 382 g/mol. The lowest BCUT2D eigenvalue weighted by Crippen LogP contribution is -2.31. The molecule has 0 atom stereocenters. The fourth-order valence-corrected chi connectivity index (χ4v) is 6.64. The average Bonchev–Trinajstić information content (AvgIpc) is 3.25. The van der Waals surface area contributed by atoms with Gasteiger partial charge >= 0.3 is 0 Å². The lowest BCUT2D eigenvalue weighted by molar-refractivity contribution is -0.659. The van der Waals surface area contributed by atoms with E-state index in [9.17, 15) is 0 Å². The maximum Gasteiger partial charge on any atom is 0.222 e. The highest BCUT2D eigenvalue weighted by Gasteiger charge is 2.30. The number of benzene rings is 3. The molecule has 1 fully saturated rings. The highest BCUT2D eigenvalue weighted by atomic mass is 32.2. The normalized spacial score (nSPS) is 16.1. The summed E-state index contributed by atoms with van der Waals surface area (Å²) < 4.78 is 2.32. The summed E-state index contributed by atoms with van der Waals surface area (Å²) in [6.45, 7) is 2.29. The van der Waals surface area contributed by atoms with Crippen molar-refractivity contribution in [2.45, 2.75) is 48.3 Å². The number of hydrogen-bond acceptors (Lipinski definition) is 1. The first-order chi connectivity index (χ1) is 13.7. The third-order valence-electron chi connectivity index (χ3n) is 6.78. The number of nitrogens with zero attached hydrogens (tertiary/aromatic N) is 1. The lowest BCUT2D eigenvalue weighted by Gasteiger charge is -2.22. The minimum Gasteiger partial charge on any atom is -0.200 e. The minimum absolute atomic E-state index is 0.749. The Bertz CT molecular complexity index is 1260. The van der Waals surface area contributed by atoms with Crippen LogP contribution in [0.1, 0.15) is 42.7 Å². The van der Waals surface area contributed by atoms with Crippen LogP contribution in [-0.4, -0.2) is 0 Å². The second-order valence-corrected chi connectivity index (χ2v) is 9.52. The summed E-state index contributed by atoms with van der Waals surface area (Å²) in [7, 11) is 2.19. The molecule has 2 heterocycles. The van der Waals surface area contributed by atoms with Crippen molar-refractivity contribution in [2.24, 2.45) is 7.05 Å². The Morgan fingerprint density at radius 3 is 2.61 bits per heavy atom. The molecule has 28 heavy (non-hydrogen) atoms. The van der Waals surface area contributed by atoms with Crippen LogP contribution in [0.5, 0.6) is 0 Å². The van der Waals surface area contributed by atoms with Gasteiger partial charge in [0.25, 0.3) is 0 Å². The Kier molecular flexibility index (Phi) is 3.61. The lowest BCUT2D eigenvalue weighted by atomic mass is 9.91. The molecule has 0 radical (unpaired) electrons. The molecule has 2 heteroatoms. The van der Waals surface area contributed by atoms with Crippen LogP contribution in [0.15, 0.2) is 64.5 Å². The molecule has 0 N–H and O–H groups in total. The van der Waals surface area contributed by atoms with E-state index in [1.807, 2.05) is 11.8 Å². The smallest absolute Gasteiger partial charge is 0.200 e. The molecular weight excluding hydrogens is 358 g/mol. The van der Waals surface area contributed by atoms with Crippen molar-refractivity contribution in [2.75, 3.05) is 0 Å². The second kappa shape index (κ2) is 6.09. The van der Waals surface area contributed by atoms with E-state index in [4.69, 9.17) is 0 Å². The highest BCUT2D eigenvalue weighted by molar-refractivity contribution is 7.99. The molecule has 1 nitrogen and oxygen atoms in total. The first kappa shape index (κ1) is 16.6. The van der Waals surface area contributed by atoms with Crippen LogP contribution in [-0.2, 0) is 7.05 Å². The van der Waals surface area contributed by atoms with Gasteiger partial charge in [-0.15, -0.1) is 0 Å². The SMILES string of the molecule is Cc1c2c(cc3ccccc13)Sc1cc(C3CCCC3)cc3cc[n+](C)c-2c13. The third kappa shape index (κ3) is 2.31. The highest BCUT2D eigenvalue weighted by Crippen LogP contribution is 2.50. The van der Waals surface area contributed by atoms with Gasteiger partial charge in [-0.1, -0.05) is 54.9 Å². The summed E-state index contributed by atoms with van der Waals surface area (Å²) in [4.78, 5) is 2.84. The third-order valence-corrected chi connectivity index (χ3v) is 7.86. The average molecular weight is 383 g/mol. The standard InChI is InChI=1S/C26H24NS/c1-16-21-10-6-5-9-18(21)14-22-24(16)26-25-19(11-12-27(26)2)13-20(15-23(25)28-22)17-7-3-4-8-17/h5-6,9-15,17H,3-4,7-8H2,1-2H3/q+1. The summed E-state index contributed by atoms with van der Waals surface area (Å²) in [5.74, 6) is 0.749. The van der Waals surface area contributed by atoms with Crippen molar-refractivity contribution >= 4 is 33.3 Å². The van der Waals surface area contributed by atoms with Crippen molar-refractivity contribution in [3.8, 4) is 11.3 Å². The van der Waals surface area contributed by atoms with Crippen molar-refractivity contribution in [3.05, 3.63) is 65.9 Å². The largest absolute Gasteiger partial charge is 0.222 e. The molecule has 0 spiro atoms. The van der Waals surface area contributed by atoms with Gasteiger partial charge in [0.1, 0.15) is 7.05 Å². The number of hydrogen-bond donors (Lipinski definition) is 0. The van der Waals surface area contributed by atoms with Crippen LogP contribution >= 0.6 is 11.8 Å².